The van der Waals surface area contributed by atoms with Gasteiger partial charge in [-0.05, 0) is 11.7 Å². The third-order valence-electron chi connectivity index (χ3n) is 2.15. The molecule has 4 heteroatoms. The van der Waals surface area contributed by atoms with Gasteiger partial charge in [0.2, 0.25) is 0 Å². The lowest BCUT2D eigenvalue weighted by atomic mass is 10.0. The molecule has 0 amide bonds. The fourth-order valence-corrected chi connectivity index (χ4v) is 1.27. The number of carbonyl (C=O) groups excluding carboxylic acids is 1. The van der Waals surface area contributed by atoms with Gasteiger partial charge in [0.05, 0.1) is 6.61 Å². The van der Waals surface area contributed by atoms with E-state index in [4.69, 9.17) is 4.74 Å². The molecule has 0 aliphatic carbocycles. The molecule has 1 unspecified atom stereocenters. The van der Waals surface area contributed by atoms with Gasteiger partial charge < -0.3 is 4.74 Å². The van der Waals surface area contributed by atoms with E-state index in [0.29, 0.717) is 19.4 Å². The van der Waals surface area contributed by atoms with Gasteiger partial charge in [-0.2, -0.15) is 0 Å². The number of ether oxygens (including phenoxy) is 1. The van der Waals surface area contributed by atoms with Crippen LogP contribution in [0, 0.1) is 0 Å². The number of nitrogens with zero attached hydrogens (tertiary/aromatic N) is 1. The highest BCUT2D eigenvalue weighted by Gasteiger charge is 2.50. The van der Waals surface area contributed by atoms with Gasteiger partial charge >= 0.3 is 11.5 Å². The van der Waals surface area contributed by atoms with Crippen molar-refractivity contribution < 1.29 is 19.5 Å². The first-order chi connectivity index (χ1) is 5.61. The second-order valence-corrected chi connectivity index (χ2v) is 3.06. The van der Waals surface area contributed by atoms with Gasteiger partial charge in [-0.15, -0.1) is 0 Å². The van der Waals surface area contributed by atoms with Gasteiger partial charge in [0.1, 0.15) is 0 Å². The lowest BCUT2D eigenvalue weighted by Crippen LogP contribution is -2.43. The van der Waals surface area contributed by atoms with Crippen LogP contribution in [0.25, 0.3) is 0 Å². The Hall–Kier alpha value is -1.06. The predicted octanol–water partition coefficient (Wildman–Crippen LogP) is 0.574. The molecule has 0 bridgehead atoms. The van der Waals surface area contributed by atoms with E-state index < -0.39 is 5.54 Å². The number of hydroxylamine groups is 1. The normalized spacial score (nSPS) is 28.3. The van der Waals surface area contributed by atoms with Gasteiger partial charge in [0.25, 0.3) is 0 Å². The van der Waals surface area contributed by atoms with E-state index in [2.05, 4.69) is 0 Å². The molecule has 4 nitrogen and oxygen atoms in total. The fourth-order valence-electron chi connectivity index (χ4n) is 1.27. The smallest absolute Gasteiger partial charge is 0.383 e. The van der Waals surface area contributed by atoms with Gasteiger partial charge in [0.15, 0.2) is 6.21 Å². The van der Waals surface area contributed by atoms with Crippen LogP contribution >= 0.6 is 0 Å². The zero-order chi connectivity index (χ0) is 9.19. The molecule has 1 heterocycles. The van der Waals surface area contributed by atoms with Crippen molar-refractivity contribution in [2.24, 2.45) is 0 Å². The van der Waals surface area contributed by atoms with Crippen molar-refractivity contribution in [1.29, 1.82) is 0 Å². The molecular weight excluding hydrogens is 158 g/mol. The van der Waals surface area contributed by atoms with Crippen LogP contribution in [0.3, 0.4) is 0 Å². The van der Waals surface area contributed by atoms with Crippen molar-refractivity contribution in [3.63, 3.8) is 0 Å². The number of esters is 1. The zero-order valence-electron chi connectivity index (χ0n) is 7.41. The summed E-state index contributed by atoms with van der Waals surface area (Å²) in [5.74, 6) is -0.360. The standard InChI is InChI=1S/C8H14NO3/c1-3-12-7(10)8(2)5-4-6-9(8)11/h6,11H,3-5H2,1-2H3/q+1. The van der Waals surface area contributed by atoms with E-state index in [1.54, 1.807) is 20.1 Å². The van der Waals surface area contributed by atoms with Crippen molar-refractivity contribution in [3.8, 4) is 0 Å². The summed E-state index contributed by atoms with van der Waals surface area (Å²) in [6.07, 6.45) is 2.92. The van der Waals surface area contributed by atoms with Crippen molar-refractivity contribution >= 4 is 12.2 Å². The third-order valence-corrected chi connectivity index (χ3v) is 2.15. The maximum Gasteiger partial charge on any atom is 0.383 e. The van der Waals surface area contributed by atoms with Crippen LogP contribution in [-0.2, 0) is 9.53 Å². The first-order valence-corrected chi connectivity index (χ1v) is 4.10. The first-order valence-electron chi connectivity index (χ1n) is 4.10. The topological polar surface area (TPSA) is 49.5 Å². The molecule has 1 N–H and O–H groups in total. The minimum Gasteiger partial charge on any atom is -0.461 e. The molecule has 1 aliphatic heterocycles. The minimum atomic E-state index is -0.865. The number of hydrogen-bond acceptors (Lipinski definition) is 3. The molecule has 1 atom stereocenters. The summed E-state index contributed by atoms with van der Waals surface area (Å²) in [4.78, 5) is 11.3. The van der Waals surface area contributed by atoms with E-state index in [1.165, 1.54) is 0 Å². The molecule has 0 fully saturated rings. The largest absolute Gasteiger partial charge is 0.461 e. The molecule has 0 aromatic carbocycles. The first kappa shape index (κ1) is 9.03. The lowest BCUT2D eigenvalue weighted by Gasteiger charge is -2.14. The molecule has 0 aromatic rings. The summed E-state index contributed by atoms with van der Waals surface area (Å²) in [7, 11) is 0. The highest BCUT2D eigenvalue weighted by atomic mass is 16.5. The molecular formula is C8H14NO3+. The predicted molar refractivity (Wildman–Crippen MR) is 42.4 cm³/mol. The maximum absolute atomic E-state index is 11.3. The highest BCUT2D eigenvalue weighted by molar-refractivity contribution is 5.80. The Balaban J connectivity index is 2.72. The summed E-state index contributed by atoms with van der Waals surface area (Å²) in [6.45, 7) is 3.78. The van der Waals surface area contributed by atoms with Crippen LogP contribution in [0.1, 0.15) is 26.7 Å². The Bertz CT molecular complexity index is 224. The quantitative estimate of drug-likeness (QED) is 0.376. The molecule has 0 aromatic heterocycles. The summed E-state index contributed by atoms with van der Waals surface area (Å²) in [6, 6.07) is 0. The Morgan fingerprint density at radius 3 is 2.92 bits per heavy atom. The van der Waals surface area contributed by atoms with E-state index in [1.807, 2.05) is 0 Å². The monoisotopic (exact) mass is 172 g/mol. The average Bonchev–Trinajstić information content (AvgIpc) is 2.34. The maximum atomic E-state index is 11.3. The van der Waals surface area contributed by atoms with Crippen LogP contribution in [-0.4, -0.2) is 34.3 Å². The SMILES string of the molecule is CCOC(=O)C1(C)CCC=[N+]1O. The average molecular weight is 172 g/mol. The van der Waals surface area contributed by atoms with E-state index in [0.717, 1.165) is 4.74 Å². The molecule has 0 spiro atoms. The van der Waals surface area contributed by atoms with E-state index in [9.17, 15) is 10.0 Å². The van der Waals surface area contributed by atoms with Gasteiger partial charge in [-0.25, -0.2) is 4.79 Å². The van der Waals surface area contributed by atoms with Gasteiger partial charge in [-0.3, -0.25) is 5.21 Å². The van der Waals surface area contributed by atoms with Crippen molar-refractivity contribution in [2.75, 3.05) is 6.61 Å². The summed E-state index contributed by atoms with van der Waals surface area (Å²) < 4.78 is 5.79. The molecule has 1 aliphatic rings. The van der Waals surface area contributed by atoms with Gasteiger partial charge in [0, 0.05) is 19.8 Å². The fraction of sp³-hybridized carbons (Fsp3) is 0.750. The molecule has 0 saturated carbocycles. The number of rotatable bonds is 2. The second kappa shape index (κ2) is 3.13. The molecule has 0 radical (unpaired) electrons. The summed E-state index contributed by atoms with van der Waals surface area (Å²) in [5.41, 5.74) is -0.865. The van der Waals surface area contributed by atoms with Gasteiger partial charge in [-0.1, -0.05) is 0 Å². The number of hydrogen-bond donors (Lipinski definition) is 1. The summed E-state index contributed by atoms with van der Waals surface area (Å²) in [5, 5.41) is 9.32. The van der Waals surface area contributed by atoms with Crippen LogP contribution in [0.4, 0.5) is 0 Å². The van der Waals surface area contributed by atoms with Crippen LogP contribution < -0.4 is 0 Å². The van der Waals surface area contributed by atoms with E-state index >= 15 is 0 Å². The van der Waals surface area contributed by atoms with Crippen molar-refractivity contribution in [2.45, 2.75) is 32.2 Å². The molecule has 1 rings (SSSR count). The highest BCUT2D eigenvalue weighted by Crippen LogP contribution is 2.22. The van der Waals surface area contributed by atoms with E-state index in [-0.39, 0.29) is 5.97 Å². The molecule has 68 valence electrons. The third kappa shape index (κ3) is 1.29. The van der Waals surface area contributed by atoms with Crippen LogP contribution in [0.5, 0.6) is 0 Å². The van der Waals surface area contributed by atoms with Crippen LogP contribution in [0.15, 0.2) is 0 Å². The van der Waals surface area contributed by atoms with Crippen LogP contribution in [0.2, 0.25) is 0 Å². The Labute approximate surface area is 71.4 Å². The Kier molecular flexibility index (Phi) is 2.35. The summed E-state index contributed by atoms with van der Waals surface area (Å²) >= 11 is 0. The second-order valence-electron chi connectivity index (χ2n) is 3.06. The zero-order valence-corrected chi connectivity index (χ0v) is 7.41. The number of carbonyl (C=O) groups is 1. The molecule has 0 saturated heterocycles. The van der Waals surface area contributed by atoms with Crippen molar-refractivity contribution in [1.82, 2.24) is 0 Å². The Morgan fingerprint density at radius 1 is 1.83 bits per heavy atom. The Morgan fingerprint density at radius 2 is 2.50 bits per heavy atom. The molecule has 12 heavy (non-hydrogen) atoms. The minimum absolute atomic E-state index is 0.349. The van der Waals surface area contributed by atoms with Crippen molar-refractivity contribution in [3.05, 3.63) is 0 Å². The lowest BCUT2D eigenvalue weighted by molar-refractivity contribution is -0.807.